The second kappa shape index (κ2) is 8.82. The van der Waals surface area contributed by atoms with Crippen molar-refractivity contribution in [3.63, 3.8) is 0 Å². The molecular weight excluding hydrogens is 446 g/mol. The zero-order valence-electron chi connectivity index (χ0n) is 22.3. The molecule has 4 nitrogen and oxygen atoms in total. The summed E-state index contributed by atoms with van der Waals surface area (Å²) in [5, 5.41) is 11.9. The third-order valence-electron chi connectivity index (χ3n) is 11.5. The van der Waals surface area contributed by atoms with Gasteiger partial charge in [-0.2, -0.15) is 0 Å². The van der Waals surface area contributed by atoms with Crippen LogP contribution in [-0.4, -0.2) is 28.1 Å². The quantitative estimate of drug-likeness (QED) is 0.503. The van der Waals surface area contributed by atoms with Crippen molar-refractivity contribution < 1.29 is 14.6 Å². The Bertz CT molecular complexity index is 1140. The van der Waals surface area contributed by atoms with Gasteiger partial charge in [-0.3, -0.25) is 4.79 Å². The average Bonchev–Trinajstić information content (AvgIpc) is 2.86. The number of hydrogen-bond acceptors (Lipinski definition) is 4. The van der Waals surface area contributed by atoms with Gasteiger partial charge in [0.15, 0.2) is 5.78 Å². The van der Waals surface area contributed by atoms with Crippen molar-refractivity contribution in [1.82, 2.24) is 4.98 Å². The van der Waals surface area contributed by atoms with Crippen LogP contribution < -0.4 is 4.74 Å². The first-order chi connectivity index (χ1) is 17.2. The number of carbonyl (C=O) groups excluding carboxylic acids is 1. The van der Waals surface area contributed by atoms with Crippen LogP contribution >= 0.6 is 0 Å². The number of benzene rings is 1. The number of aromatic nitrogens is 1. The Labute approximate surface area is 216 Å². The van der Waals surface area contributed by atoms with Crippen molar-refractivity contribution in [2.24, 2.45) is 40.4 Å². The third kappa shape index (κ3) is 3.99. The van der Waals surface area contributed by atoms with Crippen molar-refractivity contribution in [2.45, 2.75) is 90.6 Å². The first kappa shape index (κ1) is 24.4. The molecule has 0 saturated heterocycles. The Morgan fingerprint density at radius 3 is 2.61 bits per heavy atom. The number of ether oxygens (including phenoxy) is 1. The molecule has 194 valence electrons. The standard InChI is InChI=1S/C32H43NO3/c1-30(35)17-18-31(2)22(19-30)12-13-23-24-8-6-9-26(32(24,3)16-15-25(23)31)28(34)20-36-29-14-11-21-7-4-5-10-27(21)33-29/h4-5,7,10-11,14,22-26,35H,6,8-9,12-13,15-20H2,1-3H3/t22-,23-,24?,25-,26+,30+,31-,32-/m0/s1. The lowest BCUT2D eigenvalue weighted by Crippen LogP contribution is -2.58. The number of nitrogens with zero attached hydrogens (tertiary/aromatic N) is 1. The molecule has 2 aromatic rings. The molecular formula is C32H43NO3. The van der Waals surface area contributed by atoms with E-state index in [4.69, 9.17) is 4.74 Å². The van der Waals surface area contributed by atoms with Crippen LogP contribution in [0, 0.1) is 40.4 Å². The summed E-state index contributed by atoms with van der Waals surface area (Å²) in [6.07, 6.45) is 11.4. The van der Waals surface area contributed by atoms with Crippen molar-refractivity contribution in [2.75, 3.05) is 6.61 Å². The van der Waals surface area contributed by atoms with Gasteiger partial charge in [-0.05, 0) is 111 Å². The van der Waals surface area contributed by atoms with E-state index in [0.717, 1.165) is 61.3 Å². The number of Topliss-reactive ketones (excluding diaryl/α,β-unsaturated/α-hetero) is 1. The Morgan fingerprint density at radius 2 is 1.75 bits per heavy atom. The van der Waals surface area contributed by atoms with Crippen LogP contribution in [0.4, 0.5) is 0 Å². The van der Waals surface area contributed by atoms with Gasteiger partial charge in [-0.25, -0.2) is 4.98 Å². The van der Waals surface area contributed by atoms with Crippen LogP contribution in [0.15, 0.2) is 36.4 Å². The largest absolute Gasteiger partial charge is 0.470 e. The van der Waals surface area contributed by atoms with Gasteiger partial charge in [0.25, 0.3) is 0 Å². The minimum absolute atomic E-state index is 0.0834. The Balaban J connectivity index is 1.17. The Hall–Kier alpha value is -1.94. The van der Waals surface area contributed by atoms with Crippen LogP contribution in [0.2, 0.25) is 0 Å². The molecule has 1 aromatic heterocycles. The van der Waals surface area contributed by atoms with Gasteiger partial charge >= 0.3 is 0 Å². The highest BCUT2D eigenvalue weighted by Crippen LogP contribution is 2.67. The predicted molar refractivity (Wildman–Crippen MR) is 143 cm³/mol. The number of rotatable bonds is 4. The highest BCUT2D eigenvalue weighted by Gasteiger charge is 2.60. The van der Waals surface area contributed by atoms with Crippen LogP contribution in [0.5, 0.6) is 5.88 Å². The summed E-state index contributed by atoms with van der Waals surface area (Å²) in [7, 11) is 0. The fourth-order valence-corrected chi connectivity index (χ4v) is 9.53. The molecule has 4 fully saturated rings. The lowest BCUT2D eigenvalue weighted by molar-refractivity contribution is -0.169. The first-order valence-electron chi connectivity index (χ1n) is 14.4. The maximum Gasteiger partial charge on any atom is 0.214 e. The summed E-state index contributed by atoms with van der Waals surface area (Å²) < 4.78 is 5.98. The molecule has 4 aliphatic carbocycles. The number of carbonyl (C=O) groups is 1. The fourth-order valence-electron chi connectivity index (χ4n) is 9.53. The van der Waals surface area contributed by atoms with E-state index in [2.05, 4.69) is 18.8 Å². The van der Waals surface area contributed by atoms with Crippen molar-refractivity contribution in [1.29, 1.82) is 0 Å². The van der Waals surface area contributed by atoms with E-state index in [1.54, 1.807) is 0 Å². The molecule has 0 aliphatic heterocycles. The van der Waals surface area contributed by atoms with E-state index in [1.807, 2.05) is 43.3 Å². The number of pyridine rings is 1. The molecule has 0 spiro atoms. The van der Waals surface area contributed by atoms with E-state index in [9.17, 15) is 9.90 Å². The molecule has 0 bridgehead atoms. The molecule has 36 heavy (non-hydrogen) atoms. The number of para-hydroxylation sites is 1. The van der Waals surface area contributed by atoms with Gasteiger partial charge in [0.2, 0.25) is 5.88 Å². The van der Waals surface area contributed by atoms with E-state index >= 15 is 0 Å². The molecule has 0 radical (unpaired) electrons. The molecule has 1 unspecified atom stereocenters. The molecule has 4 aliphatic rings. The lowest BCUT2D eigenvalue weighted by Gasteiger charge is -2.64. The molecule has 1 N–H and O–H groups in total. The number of ketones is 1. The number of fused-ring (bicyclic) bond motifs is 6. The minimum atomic E-state index is -0.484. The van der Waals surface area contributed by atoms with E-state index in [0.29, 0.717) is 23.1 Å². The first-order valence-corrected chi connectivity index (χ1v) is 14.4. The van der Waals surface area contributed by atoms with Gasteiger partial charge in [0.1, 0.15) is 6.61 Å². The molecule has 6 rings (SSSR count). The maximum absolute atomic E-state index is 13.6. The predicted octanol–water partition coefficient (Wildman–Crippen LogP) is 6.98. The monoisotopic (exact) mass is 489 g/mol. The van der Waals surface area contributed by atoms with Crippen molar-refractivity contribution in [3.8, 4) is 5.88 Å². The SMILES string of the molecule is C[C@@]1(O)CC[C@@]2(C)[C@@H](CC[C@H]3C4CCC[C@H](C(=O)COc5ccc6ccccc6n5)[C@@]4(C)CC[C@@H]32)C1. The van der Waals surface area contributed by atoms with Crippen molar-refractivity contribution in [3.05, 3.63) is 36.4 Å². The van der Waals surface area contributed by atoms with Gasteiger partial charge in [0.05, 0.1) is 11.1 Å². The zero-order valence-corrected chi connectivity index (χ0v) is 22.3. The number of hydrogen-bond donors (Lipinski definition) is 1. The molecule has 8 atom stereocenters. The summed E-state index contributed by atoms with van der Waals surface area (Å²) in [6.45, 7) is 7.15. The van der Waals surface area contributed by atoms with Gasteiger partial charge in [0, 0.05) is 17.4 Å². The summed E-state index contributed by atoms with van der Waals surface area (Å²) in [5.41, 5.74) is 0.857. The fraction of sp³-hybridized carbons (Fsp3) is 0.688. The summed E-state index contributed by atoms with van der Waals surface area (Å²) in [4.78, 5) is 18.2. The lowest BCUT2D eigenvalue weighted by atomic mass is 9.41. The second-order valence-electron chi connectivity index (χ2n) is 13.5. The molecule has 4 saturated carbocycles. The Kier molecular flexibility index (Phi) is 5.98. The number of aliphatic hydroxyl groups is 1. The van der Waals surface area contributed by atoms with Crippen LogP contribution in [-0.2, 0) is 4.79 Å². The molecule has 0 amide bonds. The van der Waals surface area contributed by atoms with Crippen molar-refractivity contribution >= 4 is 16.7 Å². The normalized spacial score (nSPS) is 42.2. The van der Waals surface area contributed by atoms with Gasteiger partial charge < -0.3 is 9.84 Å². The summed E-state index contributed by atoms with van der Waals surface area (Å²) >= 11 is 0. The summed E-state index contributed by atoms with van der Waals surface area (Å²) in [5.74, 6) is 3.67. The minimum Gasteiger partial charge on any atom is -0.470 e. The molecule has 1 aromatic carbocycles. The Morgan fingerprint density at radius 1 is 0.944 bits per heavy atom. The highest BCUT2D eigenvalue weighted by atomic mass is 16.5. The van der Waals surface area contributed by atoms with Gasteiger partial charge in [-0.1, -0.05) is 38.5 Å². The molecule has 1 heterocycles. The zero-order chi connectivity index (χ0) is 25.1. The van der Waals surface area contributed by atoms with Crippen LogP contribution in [0.3, 0.4) is 0 Å². The van der Waals surface area contributed by atoms with E-state index < -0.39 is 5.60 Å². The molecule has 4 heteroatoms. The average molecular weight is 490 g/mol. The smallest absolute Gasteiger partial charge is 0.214 e. The topological polar surface area (TPSA) is 59.4 Å². The van der Waals surface area contributed by atoms with E-state index in [1.165, 1.54) is 25.7 Å². The van der Waals surface area contributed by atoms with Crippen LogP contribution in [0.1, 0.15) is 85.0 Å². The second-order valence-corrected chi connectivity index (χ2v) is 13.5. The highest BCUT2D eigenvalue weighted by molar-refractivity contribution is 5.83. The van der Waals surface area contributed by atoms with E-state index in [-0.39, 0.29) is 23.7 Å². The van der Waals surface area contributed by atoms with Gasteiger partial charge in [-0.15, -0.1) is 0 Å². The third-order valence-corrected chi connectivity index (χ3v) is 11.5. The maximum atomic E-state index is 13.6. The van der Waals surface area contributed by atoms with Crippen LogP contribution in [0.25, 0.3) is 10.9 Å². The summed E-state index contributed by atoms with van der Waals surface area (Å²) in [6, 6.07) is 11.9.